The highest BCUT2D eigenvalue weighted by atomic mass is 19.1. The molecule has 2 aliphatic rings. The molecule has 1 aromatic rings. The second-order valence-corrected chi connectivity index (χ2v) is 8.62. The zero-order valence-electron chi connectivity index (χ0n) is 18.6. The van der Waals surface area contributed by atoms with E-state index in [2.05, 4.69) is 30.6 Å². The van der Waals surface area contributed by atoms with Gasteiger partial charge < -0.3 is 14.2 Å². The summed E-state index contributed by atoms with van der Waals surface area (Å²) in [5.74, 6) is 7.05. The van der Waals surface area contributed by atoms with Gasteiger partial charge in [-0.05, 0) is 42.0 Å². The van der Waals surface area contributed by atoms with E-state index in [0.29, 0.717) is 23.8 Å². The lowest BCUT2D eigenvalue weighted by Crippen LogP contribution is -2.56. The molecule has 30 heavy (non-hydrogen) atoms. The van der Waals surface area contributed by atoms with Crippen molar-refractivity contribution in [3.05, 3.63) is 23.3 Å². The first kappa shape index (κ1) is 22.4. The summed E-state index contributed by atoms with van der Waals surface area (Å²) in [4.78, 5) is 14.5. The summed E-state index contributed by atoms with van der Waals surface area (Å²) in [5.41, 5.74) is 1.34. The molecule has 1 saturated heterocycles. The van der Waals surface area contributed by atoms with E-state index in [9.17, 15) is 9.18 Å². The van der Waals surface area contributed by atoms with Gasteiger partial charge >= 0.3 is 5.97 Å². The Morgan fingerprint density at radius 2 is 2.00 bits per heavy atom. The summed E-state index contributed by atoms with van der Waals surface area (Å²) in [6.45, 7) is 6.61. The van der Waals surface area contributed by atoms with Gasteiger partial charge in [0.05, 0.1) is 14.2 Å². The van der Waals surface area contributed by atoms with Gasteiger partial charge in [0.25, 0.3) is 0 Å². The van der Waals surface area contributed by atoms with Gasteiger partial charge in [0.2, 0.25) is 0 Å². The first-order chi connectivity index (χ1) is 14.3. The third-order valence-electron chi connectivity index (χ3n) is 6.17. The number of carbonyl (C=O) groups excluding carboxylic acids is 1. The third-order valence-corrected chi connectivity index (χ3v) is 6.17. The number of methoxy groups -OCH3 is 2. The van der Waals surface area contributed by atoms with Crippen molar-refractivity contribution in [3.63, 3.8) is 0 Å². The molecule has 0 aromatic heterocycles. The van der Waals surface area contributed by atoms with Gasteiger partial charge in [-0.3, -0.25) is 9.69 Å². The molecular formula is C24H32FNO4. The van der Waals surface area contributed by atoms with E-state index in [0.717, 1.165) is 31.5 Å². The van der Waals surface area contributed by atoms with E-state index in [4.69, 9.17) is 14.2 Å². The maximum absolute atomic E-state index is 13.0. The number of alkyl halides is 1. The van der Waals surface area contributed by atoms with E-state index in [1.807, 2.05) is 12.1 Å². The van der Waals surface area contributed by atoms with Gasteiger partial charge in [-0.25, -0.2) is 4.39 Å². The maximum atomic E-state index is 13.0. The standard InChI is InChI=1S/C24H32FNO4/c1-16(2)11-19-15-26-10-7-18-12-22(28-4)23(29-5)13-20(18)21(26)14-24(19,8-6-9-25)30-17(3)27/h12-13,16,19,21H,7,9-11,14-15H2,1-5H3/t19?,21-,24-/m1/s1. The van der Waals surface area contributed by atoms with Gasteiger partial charge in [0.1, 0.15) is 6.67 Å². The Hall–Kier alpha value is -2.26. The molecular weight excluding hydrogens is 385 g/mol. The van der Waals surface area contributed by atoms with Gasteiger partial charge in [0.15, 0.2) is 17.1 Å². The molecule has 0 bridgehead atoms. The van der Waals surface area contributed by atoms with Crippen LogP contribution < -0.4 is 9.47 Å². The number of fused-ring (bicyclic) bond motifs is 3. The molecule has 0 spiro atoms. The molecule has 1 unspecified atom stereocenters. The lowest BCUT2D eigenvalue weighted by atomic mass is 9.71. The molecule has 0 N–H and O–H groups in total. The summed E-state index contributed by atoms with van der Waals surface area (Å²) in [6, 6.07) is 4.08. The van der Waals surface area contributed by atoms with E-state index >= 15 is 0 Å². The molecule has 164 valence electrons. The molecule has 2 heterocycles. The summed E-state index contributed by atoms with van der Waals surface area (Å²) < 4.78 is 29.9. The van der Waals surface area contributed by atoms with Crippen molar-refractivity contribution in [3.8, 4) is 23.3 Å². The van der Waals surface area contributed by atoms with Crippen LogP contribution in [0, 0.1) is 23.7 Å². The molecule has 0 amide bonds. The highest BCUT2D eigenvalue weighted by Crippen LogP contribution is 2.48. The topological polar surface area (TPSA) is 48.0 Å². The minimum atomic E-state index is -0.995. The van der Waals surface area contributed by atoms with Gasteiger partial charge in [-0.2, -0.15) is 0 Å². The van der Waals surface area contributed by atoms with E-state index in [1.165, 1.54) is 12.5 Å². The maximum Gasteiger partial charge on any atom is 0.304 e. The highest BCUT2D eigenvalue weighted by molar-refractivity contribution is 5.67. The number of halogens is 1. The van der Waals surface area contributed by atoms with Crippen LogP contribution in [0.5, 0.6) is 11.5 Å². The fourth-order valence-electron chi connectivity index (χ4n) is 5.00. The minimum Gasteiger partial charge on any atom is -0.493 e. The van der Waals surface area contributed by atoms with Crippen LogP contribution in [0.4, 0.5) is 4.39 Å². The largest absolute Gasteiger partial charge is 0.493 e. The number of rotatable bonds is 5. The average Bonchev–Trinajstić information content (AvgIpc) is 2.71. The zero-order valence-corrected chi connectivity index (χ0v) is 18.6. The SMILES string of the molecule is COc1cc2c(cc1OC)[C@H]1C[C@@](C#CCF)(OC(C)=O)C(CC(C)C)CN1CC2. The van der Waals surface area contributed by atoms with Crippen molar-refractivity contribution in [2.45, 2.75) is 51.7 Å². The lowest BCUT2D eigenvalue weighted by Gasteiger charge is -2.51. The summed E-state index contributed by atoms with van der Waals surface area (Å²) in [6.07, 6.45) is 2.28. The molecule has 1 aromatic carbocycles. The highest BCUT2D eigenvalue weighted by Gasteiger charge is 2.50. The van der Waals surface area contributed by atoms with Crippen LogP contribution in [0.3, 0.4) is 0 Å². The zero-order chi connectivity index (χ0) is 21.9. The first-order valence-electron chi connectivity index (χ1n) is 10.6. The van der Waals surface area contributed by atoms with Crippen molar-refractivity contribution >= 4 is 5.97 Å². The van der Waals surface area contributed by atoms with Crippen LogP contribution in [-0.2, 0) is 16.0 Å². The fourth-order valence-corrected chi connectivity index (χ4v) is 5.00. The minimum absolute atomic E-state index is 0.0187. The predicted molar refractivity (Wildman–Crippen MR) is 113 cm³/mol. The molecule has 0 radical (unpaired) electrons. The number of hydrogen-bond donors (Lipinski definition) is 0. The number of hydrogen-bond acceptors (Lipinski definition) is 5. The lowest BCUT2D eigenvalue weighted by molar-refractivity contribution is -0.165. The number of ether oxygens (including phenoxy) is 3. The molecule has 6 heteroatoms. The normalized spacial score (nSPS) is 25.6. The van der Waals surface area contributed by atoms with Gasteiger partial charge in [0, 0.05) is 38.4 Å². The predicted octanol–water partition coefficient (Wildman–Crippen LogP) is 3.94. The van der Waals surface area contributed by atoms with E-state index in [-0.39, 0.29) is 17.9 Å². The Morgan fingerprint density at radius 3 is 2.60 bits per heavy atom. The van der Waals surface area contributed by atoms with Crippen molar-refractivity contribution < 1.29 is 23.4 Å². The number of piperidine rings is 1. The van der Waals surface area contributed by atoms with E-state index in [1.54, 1.807) is 14.2 Å². The van der Waals surface area contributed by atoms with Crippen molar-refractivity contribution in [2.75, 3.05) is 34.0 Å². The smallest absolute Gasteiger partial charge is 0.304 e. The summed E-state index contributed by atoms with van der Waals surface area (Å²) in [5, 5.41) is 0. The molecule has 2 aliphatic heterocycles. The summed E-state index contributed by atoms with van der Waals surface area (Å²) in [7, 11) is 3.26. The molecule has 0 aliphatic carbocycles. The van der Waals surface area contributed by atoms with Crippen LogP contribution in [0.25, 0.3) is 0 Å². The molecule has 0 saturated carbocycles. The van der Waals surface area contributed by atoms with Crippen molar-refractivity contribution in [1.82, 2.24) is 4.90 Å². The van der Waals surface area contributed by atoms with Crippen LogP contribution in [-0.4, -0.2) is 50.5 Å². The number of nitrogens with zero attached hydrogens (tertiary/aromatic N) is 1. The van der Waals surface area contributed by atoms with E-state index < -0.39 is 12.3 Å². The molecule has 3 rings (SSSR count). The van der Waals surface area contributed by atoms with Crippen molar-refractivity contribution in [2.24, 2.45) is 11.8 Å². The molecule has 3 atom stereocenters. The Morgan fingerprint density at radius 1 is 1.30 bits per heavy atom. The fraction of sp³-hybridized carbons (Fsp3) is 0.625. The van der Waals surface area contributed by atoms with Gasteiger partial charge in [-0.1, -0.05) is 25.7 Å². The average molecular weight is 418 g/mol. The number of carbonyl (C=O) groups is 1. The molecule has 5 nitrogen and oxygen atoms in total. The Labute approximate surface area is 178 Å². The van der Waals surface area contributed by atoms with Crippen LogP contribution in [0.2, 0.25) is 0 Å². The van der Waals surface area contributed by atoms with Crippen molar-refractivity contribution in [1.29, 1.82) is 0 Å². The number of esters is 1. The second kappa shape index (κ2) is 9.26. The third kappa shape index (κ3) is 4.41. The summed E-state index contributed by atoms with van der Waals surface area (Å²) >= 11 is 0. The number of benzene rings is 1. The Kier molecular flexibility index (Phi) is 6.92. The Balaban J connectivity index is 2.07. The van der Waals surface area contributed by atoms with Gasteiger partial charge in [-0.15, -0.1) is 0 Å². The van der Waals surface area contributed by atoms with Crippen LogP contribution in [0.1, 0.15) is 50.8 Å². The van der Waals surface area contributed by atoms with Crippen LogP contribution >= 0.6 is 0 Å². The monoisotopic (exact) mass is 417 g/mol. The quantitative estimate of drug-likeness (QED) is 0.536. The Bertz CT molecular complexity index is 844. The van der Waals surface area contributed by atoms with Crippen LogP contribution in [0.15, 0.2) is 12.1 Å². The molecule has 1 fully saturated rings. The second-order valence-electron chi connectivity index (χ2n) is 8.62. The first-order valence-corrected chi connectivity index (χ1v) is 10.6.